The van der Waals surface area contributed by atoms with E-state index in [0.717, 1.165) is 44.1 Å². The van der Waals surface area contributed by atoms with Crippen molar-refractivity contribution in [3.63, 3.8) is 0 Å². The van der Waals surface area contributed by atoms with Crippen molar-refractivity contribution in [1.82, 2.24) is 0 Å². The number of allylic oxidation sites excluding steroid dienone is 2. The predicted octanol–water partition coefficient (Wildman–Crippen LogP) is 4.63. The summed E-state index contributed by atoms with van der Waals surface area (Å²) in [7, 11) is 0. The van der Waals surface area contributed by atoms with Crippen LogP contribution < -0.4 is 0 Å². The summed E-state index contributed by atoms with van der Waals surface area (Å²) in [6.45, 7) is 8.87. The Morgan fingerprint density at radius 2 is 1.87 bits per heavy atom. The molecule has 0 aliphatic heterocycles. The second kappa shape index (κ2) is 4.91. The molecule has 124 valence electrons. The highest BCUT2D eigenvalue weighted by Crippen LogP contribution is 2.65. The van der Waals surface area contributed by atoms with Crippen molar-refractivity contribution in [2.75, 3.05) is 0 Å². The summed E-state index contributed by atoms with van der Waals surface area (Å²) < 4.78 is 0. The Balaban J connectivity index is 1.77. The highest BCUT2D eigenvalue weighted by Gasteiger charge is 2.60. The Hall–Kier alpha value is -0.700. The Morgan fingerprint density at radius 3 is 2.61 bits per heavy atom. The molecule has 2 nitrogen and oxygen atoms in total. The number of hydrogen-bond donors (Lipinski definition) is 0. The summed E-state index contributed by atoms with van der Waals surface area (Å²) in [4.78, 5) is 24.6. The number of hydrogen-bond acceptors (Lipinski definition) is 2. The summed E-state index contributed by atoms with van der Waals surface area (Å²) in [5.41, 5.74) is 2.28. The molecule has 3 heteroatoms. The lowest BCUT2D eigenvalue weighted by atomic mass is 9.47. The quantitative estimate of drug-likeness (QED) is 0.577. The number of alkyl halides is 1. The molecule has 4 aliphatic carbocycles. The molecule has 0 saturated heterocycles. The van der Waals surface area contributed by atoms with Gasteiger partial charge in [-0.05, 0) is 66.9 Å². The molecule has 0 bridgehead atoms. The van der Waals surface area contributed by atoms with E-state index >= 15 is 0 Å². The van der Waals surface area contributed by atoms with Crippen LogP contribution in [0.2, 0.25) is 0 Å². The number of rotatable bonds is 0. The number of halogens is 1. The summed E-state index contributed by atoms with van der Waals surface area (Å²) in [5, 5.41) is 0. The molecule has 0 aromatic heterocycles. The van der Waals surface area contributed by atoms with E-state index < -0.39 is 0 Å². The Morgan fingerprint density at radius 1 is 1.17 bits per heavy atom. The molecule has 6 atom stereocenters. The van der Waals surface area contributed by atoms with Crippen LogP contribution in [0.25, 0.3) is 0 Å². The van der Waals surface area contributed by atoms with Crippen LogP contribution in [-0.2, 0) is 9.59 Å². The SMILES string of the molecule is C=C1C[C@@H]2[C@H](CC[C@]3(C)C(=O)CC[C@@H]23)[C@@]2(C)CC(Br)C(=O)C=C12. The Kier molecular flexibility index (Phi) is 3.37. The van der Waals surface area contributed by atoms with E-state index in [1.54, 1.807) is 0 Å². The smallest absolute Gasteiger partial charge is 0.169 e. The van der Waals surface area contributed by atoms with E-state index in [-0.39, 0.29) is 21.4 Å². The molecule has 0 heterocycles. The average molecular weight is 377 g/mol. The van der Waals surface area contributed by atoms with Crippen LogP contribution in [0, 0.1) is 28.6 Å². The second-order valence-electron chi connectivity index (χ2n) is 8.65. The first-order valence-corrected chi connectivity index (χ1v) is 9.80. The maximum Gasteiger partial charge on any atom is 0.169 e. The van der Waals surface area contributed by atoms with Gasteiger partial charge in [0.05, 0.1) is 4.83 Å². The van der Waals surface area contributed by atoms with Gasteiger partial charge in [0.15, 0.2) is 5.78 Å². The molecular formula is C20H25BrO2. The lowest BCUT2D eigenvalue weighted by molar-refractivity contribution is -0.131. The number of ketones is 2. The van der Waals surface area contributed by atoms with Crippen LogP contribution in [0.5, 0.6) is 0 Å². The molecule has 23 heavy (non-hydrogen) atoms. The maximum atomic E-state index is 12.5. The summed E-state index contributed by atoms with van der Waals surface area (Å²) >= 11 is 3.59. The number of Topliss-reactive ketones (excluding diaryl/α,β-unsaturated/α-hetero) is 1. The van der Waals surface area contributed by atoms with Crippen molar-refractivity contribution in [2.45, 2.75) is 57.2 Å². The van der Waals surface area contributed by atoms with Crippen LogP contribution in [0.15, 0.2) is 23.8 Å². The molecule has 0 amide bonds. The molecule has 4 rings (SSSR count). The predicted molar refractivity (Wildman–Crippen MR) is 94.3 cm³/mol. The zero-order valence-electron chi connectivity index (χ0n) is 14.0. The fourth-order valence-electron chi connectivity index (χ4n) is 6.37. The van der Waals surface area contributed by atoms with Gasteiger partial charge in [0.2, 0.25) is 0 Å². The van der Waals surface area contributed by atoms with Crippen molar-refractivity contribution in [3.8, 4) is 0 Å². The topological polar surface area (TPSA) is 34.1 Å². The van der Waals surface area contributed by atoms with Gasteiger partial charge in [-0.2, -0.15) is 0 Å². The van der Waals surface area contributed by atoms with E-state index in [2.05, 4.69) is 36.4 Å². The molecule has 0 N–H and O–H groups in total. The molecule has 0 spiro atoms. The van der Waals surface area contributed by atoms with Gasteiger partial charge < -0.3 is 0 Å². The van der Waals surface area contributed by atoms with Crippen molar-refractivity contribution in [3.05, 3.63) is 23.8 Å². The van der Waals surface area contributed by atoms with Gasteiger partial charge in [-0.25, -0.2) is 0 Å². The van der Waals surface area contributed by atoms with E-state index in [0.29, 0.717) is 23.5 Å². The highest BCUT2D eigenvalue weighted by atomic mass is 79.9. The van der Waals surface area contributed by atoms with Gasteiger partial charge >= 0.3 is 0 Å². The van der Waals surface area contributed by atoms with E-state index in [1.807, 2.05) is 6.08 Å². The number of carbonyl (C=O) groups is 2. The van der Waals surface area contributed by atoms with Gasteiger partial charge in [-0.15, -0.1) is 0 Å². The lowest BCUT2D eigenvalue weighted by Crippen LogP contribution is -2.52. The summed E-state index contributed by atoms with van der Waals surface area (Å²) in [5.74, 6) is 2.32. The normalized spacial score (nSPS) is 49.3. The van der Waals surface area contributed by atoms with Crippen molar-refractivity contribution < 1.29 is 9.59 Å². The number of fused-ring (bicyclic) bond motifs is 5. The molecule has 4 aliphatic rings. The molecule has 0 radical (unpaired) electrons. The van der Waals surface area contributed by atoms with Crippen molar-refractivity contribution >= 4 is 27.5 Å². The average Bonchev–Trinajstić information content (AvgIpc) is 2.78. The van der Waals surface area contributed by atoms with Gasteiger partial charge in [0.1, 0.15) is 5.78 Å². The molecule has 3 saturated carbocycles. The third kappa shape index (κ3) is 1.98. The largest absolute Gasteiger partial charge is 0.299 e. The number of carbonyl (C=O) groups excluding carboxylic acids is 2. The van der Waals surface area contributed by atoms with Crippen molar-refractivity contribution in [2.24, 2.45) is 28.6 Å². The first-order valence-electron chi connectivity index (χ1n) is 8.89. The van der Waals surface area contributed by atoms with E-state index in [4.69, 9.17) is 0 Å². The Labute approximate surface area is 146 Å². The zero-order valence-corrected chi connectivity index (χ0v) is 15.6. The lowest BCUT2D eigenvalue weighted by Gasteiger charge is -2.57. The molecule has 1 unspecified atom stereocenters. The molecule has 0 aromatic carbocycles. The highest BCUT2D eigenvalue weighted by molar-refractivity contribution is 9.10. The van der Waals surface area contributed by atoms with Crippen LogP contribution in [0.3, 0.4) is 0 Å². The van der Waals surface area contributed by atoms with Crippen LogP contribution in [0.1, 0.15) is 52.4 Å². The molecule has 0 aromatic rings. The fourth-order valence-corrected chi connectivity index (χ4v) is 7.17. The minimum Gasteiger partial charge on any atom is -0.299 e. The third-order valence-electron chi connectivity index (χ3n) is 7.64. The minimum absolute atomic E-state index is 0.0368. The van der Waals surface area contributed by atoms with Crippen LogP contribution >= 0.6 is 15.9 Å². The van der Waals surface area contributed by atoms with E-state index in [9.17, 15) is 9.59 Å². The first kappa shape index (κ1) is 15.8. The monoisotopic (exact) mass is 376 g/mol. The van der Waals surface area contributed by atoms with Gasteiger partial charge in [0, 0.05) is 11.8 Å². The molecule has 3 fully saturated rings. The molecular weight excluding hydrogens is 352 g/mol. The summed E-state index contributed by atoms with van der Waals surface area (Å²) in [6.07, 6.45) is 7.64. The van der Waals surface area contributed by atoms with Crippen LogP contribution in [-0.4, -0.2) is 16.4 Å². The van der Waals surface area contributed by atoms with E-state index in [1.165, 1.54) is 5.57 Å². The standard InChI is InChI=1S/C20H25BrO2/c1-11-8-12-13-4-5-18(23)19(13,2)7-6-14(12)20(3)10-16(21)17(22)9-15(11)20/h9,12-14,16H,1,4-8,10H2,2-3H3/t12-,13-,14-,16?,19-,20+/m0/s1. The third-order valence-corrected chi connectivity index (χ3v) is 8.42. The summed E-state index contributed by atoms with van der Waals surface area (Å²) in [6, 6.07) is 0. The minimum atomic E-state index is -0.0999. The Bertz CT molecular complexity index is 648. The van der Waals surface area contributed by atoms with Gasteiger partial charge in [0.25, 0.3) is 0 Å². The van der Waals surface area contributed by atoms with Crippen molar-refractivity contribution in [1.29, 1.82) is 0 Å². The van der Waals surface area contributed by atoms with Crippen LogP contribution in [0.4, 0.5) is 0 Å². The maximum absolute atomic E-state index is 12.5. The zero-order chi connectivity index (χ0) is 16.6. The van der Waals surface area contributed by atoms with Gasteiger partial charge in [-0.1, -0.05) is 41.9 Å². The first-order chi connectivity index (χ1) is 10.8. The second-order valence-corrected chi connectivity index (χ2v) is 9.76. The van der Waals surface area contributed by atoms with Gasteiger partial charge in [-0.3, -0.25) is 9.59 Å². The fraction of sp³-hybridized carbons (Fsp3) is 0.700.